The van der Waals surface area contributed by atoms with Crippen molar-refractivity contribution in [2.45, 2.75) is 26.6 Å². The van der Waals surface area contributed by atoms with Crippen LogP contribution >= 0.6 is 0 Å². The number of hydrogen-bond acceptors (Lipinski definition) is 5. The van der Waals surface area contributed by atoms with E-state index in [2.05, 4.69) is 25.6 Å². The number of pyridine rings is 1. The van der Waals surface area contributed by atoms with E-state index in [1.165, 1.54) is 25.8 Å². The average Bonchev–Trinajstić information content (AvgIpc) is 3.29. The van der Waals surface area contributed by atoms with Crippen LogP contribution in [0, 0.1) is 12.8 Å². The summed E-state index contributed by atoms with van der Waals surface area (Å²) >= 11 is 0. The van der Waals surface area contributed by atoms with Gasteiger partial charge in [0.25, 0.3) is 5.91 Å². The van der Waals surface area contributed by atoms with E-state index in [0.717, 1.165) is 10.7 Å². The highest BCUT2D eigenvalue weighted by Crippen LogP contribution is 2.30. The molecule has 11 heteroatoms. The number of aromatic nitrogens is 6. The SMILES string of the molecule is Cc1cc(C(F)(F)F)n(C[C@@H](C)CNC(=O)c2ccnc(-n3cnnc3)c2)n1. The molecule has 0 aliphatic rings. The van der Waals surface area contributed by atoms with Gasteiger partial charge in [0.15, 0.2) is 0 Å². The zero-order chi connectivity index (χ0) is 20.3. The predicted molar refractivity (Wildman–Crippen MR) is 92.6 cm³/mol. The predicted octanol–water partition coefficient (Wildman–Crippen LogP) is 2.25. The van der Waals surface area contributed by atoms with Crippen molar-refractivity contribution in [1.29, 1.82) is 0 Å². The van der Waals surface area contributed by atoms with Crippen molar-refractivity contribution in [2.75, 3.05) is 6.54 Å². The second kappa shape index (κ2) is 7.79. The quantitative estimate of drug-likeness (QED) is 0.694. The third-order valence-electron chi connectivity index (χ3n) is 3.98. The summed E-state index contributed by atoms with van der Waals surface area (Å²) in [7, 11) is 0. The molecule has 1 atom stereocenters. The summed E-state index contributed by atoms with van der Waals surface area (Å²) in [6.07, 6.45) is -0.0809. The molecule has 3 heterocycles. The highest BCUT2D eigenvalue weighted by molar-refractivity contribution is 5.94. The maximum absolute atomic E-state index is 13.1. The lowest BCUT2D eigenvalue weighted by Crippen LogP contribution is -2.31. The van der Waals surface area contributed by atoms with Crippen LogP contribution < -0.4 is 5.32 Å². The van der Waals surface area contributed by atoms with E-state index in [0.29, 0.717) is 17.1 Å². The molecule has 0 aliphatic carbocycles. The van der Waals surface area contributed by atoms with Crippen LogP contribution in [0.15, 0.2) is 37.1 Å². The number of carbonyl (C=O) groups is 1. The smallest absolute Gasteiger partial charge is 0.352 e. The maximum Gasteiger partial charge on any atom is 0.433 e. The minimum Gasteiger partial charge on any atom is -0.352 e. The Kier molecular flexibility index (Phi) is 5.43. The fourth-order valence-electron chi connectivity index (χ4n) is 2.66. The van der Waals surface area contributed by atoms with Gasteiger partial charge in [-0.15, -0.1) is 10.2 Å². The molecule has 8 nitrogen and oxygen atoms in total. The number of halogens is 3. The van der Waals surface area contributed by atoms with Crippen LogP contribution in [0.3, 0.4) is 0 Å². The molecule has 3 rings (SSSR count). The molecule has 148 valence electrons. The zero-order valence-corrected chi connectivity index (χ0v) is 15.2. The van der Waals surface area contributed by atoms with Gasteiger partial charge in [0.05, 0.1) is 5.69 Å². The van der Waals surface area contributed by atoms with Crippen molar-refractivity contribution >= 4 is 5.91 Å². The van der Waals surface area contributed by atoms with Gasteiger partial charge < -0.3 is 5.32 Å². The largest absolute Gasteiger partial charge is 0.433 e. The summed E-state index contributed by atoms with van der Waals surface area (Å²) in [5.41, 5.74) is -0.130. The van der Waals surface area contributed by atoms with Gasteiger partial charge in [0, 0.05) is 24.8 Å². The summed E-state index contributed by atoms with van der Waals surface area (Å²) in [4.78, 5) is 16.5. The summed E-state index contributed by atoms with van der Waals surface area (Å²) in [5.74, 6) is -0.132. The number of alkyl halides is 3. The minimum absolute atomic E-state index is 0.0330. The molecule has 0 fully saturated rings. The van der Waals surface area contributed by atoms with E-state index >= 15 is 0 Å². The topological polar surface area (TPSA) is 90.5 Å². The van der Waals surface area contributed by atoms with Crippen molar-refractivity contribution in [3.05, 3.63) is 54.0 Å². The third-order valence-corrected chi connectivity index (χ3v) is 3.98. The second-order valence-electron chi connectivity index (χ2n) is 6.44. The molecule has 3 aromatic rings. The Morgan fingerprint density at radius 1 is 1.25 bits per heavy atom. The molecule has 0 bridgehead atoms. The molecule has 0 radical (unpaired) electrons. The van der Waals surface area contributed by atoms with Gasteiger partial charge >= 0.3 is 6.18 Å². The van der Waals surface area contributed by atoms with Gasteiger partial charge in [-0.1, -0.05) is 6.92 Å². The zero-order valence-electron chi connectivity index (χ0n) is 15.2. The first-order valence-electron chi connectivity index (χ1n) is 8.45. The fraction of sp³-hybridized carbons (Fsp3) is 0.353. The lowest BCUT2D eigenvalue weighted by molar-refractivity contribution is -0.144. The number of amides is 1. The summed E-state index contributed by atoms with van der Waals surface area (Å²) in [6.45, 7) is 3.48. The number of hydrogen-bond donors (Lipinski definition) is 1. The molecule has 1 amide bonds. The van der Waals surface area contributed by atoms with Crippen molar-refractivity contribution in [2.24, 2.45) is 5.92 Å². The van der Waals surface area contributed by atoms with E-state index in [9.17, 15) is 18.0 Å². The van der Waals surface area contributed by atoms with Crippen LogP contribution in [0.2, 0.25) is 0 Å². The molecule has 0 aromatic carbocycles. The number of nitrogens with zero attached hydrogens (tertiary/aromatic N) is 6. The Morgan fingerprint density at radius 2 is 1.96 bits per heavy atom. The van der Waals surface area contributed by atoms with Crippen molar-refractivity contribution in [3.63, 3.8) is 0 Å². The summed E-state index contributed by atoms with van der Waals surface area (Å²) in [6, 6.07) is 4.13. The van der Waals surface area contributed by atoms with E-state index in [-0.39, 0.29) is 24.9 Å². The summed E-state index contributed by atoms with van der Waals surface area (Å²) in [5, 5.41) is 14.0. The highest BCUT2D eigenvalue weighted by atomic mass is 19.4. The molecule has 1 N–H and O–H groups in total. The molecule has 28 heavy (non-hydrogen) atoms. The standard InChI is InChI=1S/C17H18F3N7O/c1-11(8-27-14(17(18,19)20)5-12(2)25-27)7-22-16(28)13-3-4-21-15(6-13)26-9-23-24-10-26/h3-6,9-11H,7-8H2,1-2H3,(H,22,28)/t11-/m0/s1. The lowest BCUT2D eigenvalue weighted by Gasteiger charge is -2.16. The highest BCUT2D eigenvalue weighted by Gasteiger charge is 2.35. The molecule has 0 saturated heterocycles. The van der Waals surface area contributed by atoms with Gasteiger partial charge in [-0.05, 0) is 31.0 Å². The first-order chi connectivity index (χ1) is 13.2. The Morgan fingerprint density at radius 3 is 2.64 bits per heavy atom. The van der Waals surface area contributed by atoms with Gasteiger partial charge in [-0.2, -0.15) is 18.3 Å². The molecule has 0 saturated carbocycles. The van der Waals surface area contributed by atoms with Crippen LogP contribution in [-0.2, 0) is 12.7 Å². The Bertz CT molecular complexity index is 950. The summed E-state index contributed by atoms with van der Waals surface area (Å²) < 4.78 is 41.7. The number of carbonyl (C=O) groups excluding carboxylic acids is 1. The lowest BCUT2D eigenvalue weighted by atomic mass is 10.1. The third kappa shape index (κ3) is 4.53. The second-order valence-corrected chi connectivity index (χ2v) is 6.44. The Balaban J connectivity index is 1.62. The molecular weight excluding hydrogens is 375 g/mol. The maximum atomic E-state index is 13.1. The van der Waals surface area contributed by atoms with Gasteiger partial charge in [-0.3, -0.25) is 14.0 Å². The van der Waals surface area contributed by atoms with Gasteiger partial charge in [0.1, 0.15) is 24.2 Å². The van der Waals surface area contributed by atoms with Crippen LogP contribution in [0.25, 0.3) is 5.82 Å². The van der Waals surface area contributed by atoms with Crippen LogP contribution in [0.5, 0.6) is 0 Å². The van der Waals surface area contributed by atoms with Crippen LogP contribution in [0.1, 0.15) is 28.7 Å². The monoisotopic (exact) mass is 393 g/mol. The van der Waals surface area contributed by atoms with Crippen molar-refractivity contribution in [1.82, 2.24) is 34.8 Å². The average molecular weight is 393 g/mol. The van der Waals surface area contributed by atoms with E-state index in [4.69, 9.17) is 0 Å². The van der Waals surface area contributed by atoms with E-state index in [1.54, 1.807) is 23.6 Å². The molecular formula is C17H18F3N7O. The van der Waals surface area contributed by atoms with Gasteiger partial charge in [0.2, 0.25) is 0 Å². The molecule has 0 aliphatic heterocycles. The van der Waals surface area contributed by atoms with Gasteiger partial charge in [-0.25, -0.2) is 4.98 Å². The van der Waals surface area contributed by atoms with E-state index in [1.807, 2.05) is 0 Å². The fourth-order valence-corrected chi connectivity index (χ4v) is 2.66. The van der Waals surface area contributed by atoms with Crippen LogP contribution in [0.4, 0.5) is 13.2 Å². The van der Waals surface area contributed by atoms with Crippen molar-refractivity contribution in [3.8, 4) is 5.82 Å². The molecule has 3 aromatic heterocycles. The normalized spacial score (nSPS) is 12.8. The molecule has 0 unspecified atom stereocenters. The minimum atomic E-state index is -4.47. The number of rotatable bonds is 6. The van der Waals surface area contributed by atoms with Crippen LogP contribution in [-0.4, -0.2) is 42.0 Å². The first-order valence-corrected chi connectivity index (χ1v) is 8.45. The van der Waals surface area contributed by atoms with Crippen molar-refractivity contribution < 1.29 is 18.0 Å². The van der Waals surface area contributed by atoms with E-state index < -0.39 is 11.9 Å². The molecule has 0 spiro atoms. The number of aryl methyl sites for hydroxylation is 1. The number of nitrogens with one attached hydrogen (secondary N) is 1. The first kappa shape index (κ1) is 19.5. The Labute approximate surface area is 158 Å². The Hall–Kier alpha value is -3.24.